The summed E-state index contributed by atoms with van der Waals surface area (Å²) in [6, 6.07) is 5.79. The highest BCUT2D eigenvalue weighted by molar-refractivity contribution is 6.02. The Hall–Kier alpha value is -4.01. The van der Waals surface area contributed by atoms with E-state index in [-0.39, 0.29) is 18.0 Å². The summed E-state index contributed by atoms with van der Waals surface area (Å²) in [4.78, 5) is 31.2. The standard InChI is InChI=1S/C21H14F2N4O3/c1-27-8-15(12-2-3-24-18(12)20(27)28)14-4-10-9-30-21(29)13(10)6-17(14)26-19-16(23)5-11(22)7-25-19/h2-8,24H,9H2,1H3,(H,25,26). The van der Waals surface area contributed by atoms with Crippen molar-refractivity contribution in [2.24, 2.45) is 7.05 Å². The first kappa shape index (κ1) is 18.0. The molecule has 5 rings (SSSR count). The molecule has 4 heterocycles. The van der Waals surface area contributed by atoms with Crippen LogP contribution in [0.1, 0.15) is 15.9 Å². The number of carbonyl (C=O) groups is 1. The fraction of sp³-hybridized carbons (Fsp3) is 0.0952. The van der Waals surface area contributed by atoms with E-state index >= 15 is 0 Å². The third-order valence-electron chi connectivity index (χ3n) is 5.07. The minimum Gasteiger partial charge on any atom is -0.457 e. The monoisotopic (exact) mass is 408 g/mol. The Bertz CT molecular complexity index is 1410. The maximum Gasteiger partial charge on any atom is 0.338 e. The van der Waals surface area contributed by atoms with Crippen LogP contribution in [-0.2, 0) is 18.4 Å². The maximum absolute atomic E-state index is 14.2. The van der Waals surface area contributed by atoms with Crippen molar-refractivity contribution in [1.82, 2.24) is 14.5 Å². The van der Waals surface area contributed by atoms with E-state index in [1.54, 1.807) is 37.6 Å². The first-order valence-corrected chi connectivity index (χ1v) is 9.01. The van der Waals surface area contributed by atoms with Gasteiger partial charge >= 0.3 is 5.97 Å². The molecule has 1 aliphatic heterocycles. The highest BCUT2D eigenvalue weighted by Gasteiger charge is 2.25. The van der Waals surface area contributed by atoms with Crippen molar-refractivity contribution >= 4 is 28.4 Å². The van der Waals surface area contributed by atoms with E-state index in [0.29, 0.717) is 44.9 Å². The molecule has 0 atom stereocenters. The third-order valence-corrected chi connectivity index (χ3v) is 5.07. The molecule has 4 aromatic rings. The first-order valence-electron chi connectivity index (χ1n) is 9.01. The summed E-state index contributed by atoms with van der Waals surface area (Å²) in [6.07, 6.45) is 4.21. The molecule has 7 nitrogen and oxygen atoms in total. The number of carbonyl (C=O) groups excluding carboxylic acids is 1. The van der Waals surface area contributed by atoms with E-state index in [9.17, 15) is 18.4 Å². The molecule has 1 aromatic carbocycles. The van der Waals surface area contributed by atoms with E-state index < -0.39 is 17.6 Å². The second-order valence-electron chi connectivity index (χ2n) is 6.97. The molecule has 1 aliphatic rings. The lowest BCUT2D eigenvalue weighted by Crippen LogP contribution is -2.16. The largest absolute Gasteiger partial charge is 0.457 e. The maximum atomic E-state index is 14.2. The number of fused-ring (bicyclic) bond motifs is 2. The van der Waals surface area contributed by atoms with Gasteiger partial charge in [0, 0.05) is 53.3 Å². The molecule has 0 spiro atoms. The Kier molecular flexibility index (Phi) is 3.92. The summed E-state index contributed by atoms with van der Waals surface area (Å²) in [6.45, 7) is 0.118. The Morgan fingerprint density at radius 1 is 1.17 bits per heavy atom. The molecule has 0 fully saturated rings. The lowest BCUT2D eigenvalue weighted by molar-refractivity contribution is 0.0535. The van der Waals surface area contributed by atoms with Crippen LogP contribution in [0.4, 0.5) is 20.3 Å². The number of aromatic amines is 1. The van der Waals surface area contributed by atoms with Gasteiger partial charge in [-0.1, -0.05) is 0 Å². The number of H-pyrrole nitrogens is 1. The molecule has 150 valence electrons. The number of benzene rings is 1. The molecule has 0 saturated carbocycles. The van der Waals surface area contributed by atoms with Gasteiger partial charge in [0.2, 0.25) is 0 Å². The zero-order valence-electron chi connectivity index (χ0n) is 15.6. The SMILES string of the molecule is Cn1cc(-c2cc3c(cc2Nc2ncc(F)cc2F)C(=O)OC3)c2cc[nH]c2c1=O. The number of hydrogen-bond donors (Lipinski definition) is 2. The minimum absolute atomic E-state index is 0.118. The van der Waals surface area contributed by atoms with Crippen molar-refractivity contribution in [3.63, 3.8) is 0 Å². The predicted octanol–water partition coefficient (Wildman–Crippen LogP) is 3.62. The van der Waals surface area contributed by atoms with Crippen LogP contribution in [0.25, 0.3) is 22.0 Å². The topological polar surface area (TPSA) is 89.0 Å². The van der Waals surface area contributed by atoms with Gasteiger partial charge in [0.25, 0.3) is 5.56 Å². The van der Waals surface area contributed by atoms with Crippen molar-refractivity contribution in [1.29, 1.82) is 0 Å². The van der Waals surface area contributed by atoms with Gasteiger partial charge in [-0.3, -0.25) is 4.79 Å². The van der Waals surface area contributed by atoms with Crippen LogP contribution in [0.3, 0.4) is 0 Å². The smallest absolute Gasteiger partial charge is 0.338 e. The van der Waals surface area contributed by atoms with Gasteiger partial charge in [0.1, 0.15) is 17.9 Å². The number of anilines is 2. The van der Waals surface area contributed by atoms with Gasteiger partial charge in [-0.25, -0.2) is 18.6 Å². The number of rotatable bonds is 3. The van der Waals surface area contributed by atoms with Crippen LogP contribution < -0.4 is 10.9 Å². The number of pyridine rings is 2. The molecule has 0 unspecified atom stereocenters. The van der Waals surface area contributed by atoms with Crippen LogP contribution in [0, 0.1) is 11.6 Å². The molecular weight excluding hydrogens is 394 g/mol. The van der Waals surface area contributed by atoms with Crippen LogP contribution in [0.15, 0.2) is 47.7 Å². The lowest BCUT2D eigenvalue weighted by Gasteiger charge is -2.15. The molecule has 3 aromatic heterocycles. The second-order valence-corrected chi connectivity index (χ2v) is 6.97. The molecular formula is C21H14F2N4O3. The van der Waals surface area contributed by atoms with E-state index in [1.165, 1.54) is 4.57 Å². The number of esters is 1. The highest BCUT2D eigenvalue weighted by atomic mass is 19.1. The number of hydrogen-bond acceptors (Lipinski definition) is 5. The van der Waals surface area contributed by atoms with Crippen molar-refractivity contribution in [2.75, 3.05) is 5.32 Å². The normalized spacial score (nSPS) is 12.8. The highest BCUT2D eigenvalue weighted by Crippen LogP contribution is 2.38. The summed E-state index contributed by atoms with van der Waals surface area (Å²) >= 11 is 0. The summed E-state index contributed by atoms with van der Waals surface area (Å²) in [5, 5.41) is 3.52. The predicted molar refractivity (Wildman–Crippen MR) is 106 cm³/mol. The fourth-order valence-corrected chi connectivity index (χ4v) is 3.62. The van der Waals surface area contributed by atoms with Gasteiger partial charge in [-0.05, 0) is 18.2 Å². The van der Waals surface area contributed by atoms with Crippen molar-refractivity contribution < 1.29 is 18.3 Å². The van der Waals surface area contributed by atoms with Gasteiger partial charge in [0.05, 0.1) is 11.8 Å². The van der Waals surface area contributed by atoms with E-state index in [4.69, 9.17) is 4.74 Å². The van der Waals surface area contributed by atoms with Crippen LogP contribution >= 0.6 is 0 Å². The fourth-order valence-electron chi connectivity index (χ4n) is 3.62. The first-order chi connectivity index (χ1) is 14.4. The molecule has 30 heavy (non-hydrogen) atoms. The zero-order valence-corrected chi connectivity index (χ0v) is 15.6. The molecule has 0 bridgehead atoms. The molecule has 0 radical (unpaired) electrons. The summed E-state index contributed by atoms with van der Waals surface area (Å²) < 4.78 is 34.0. The molecule has 2 N–H and O–H groups in total. The zero-order chi connectivity index (χ0) is 21.0. The molecule has 0 aliphatic carbocycles. The molecule has 9 heteroatoms. The van der Waals surface area contributed by atoms with Crippen LogP contribution in [0.5, 0.6) is 0 Å². The summed E-state index contributed by atoms with van der Waals surface area (Å²) in [5.74, 6) is -2.36. The number of aryl methyl sites for hydroxylation is 1. The van der Waals surface area contributed by atoms with E-state index in [1.807, 2.05) is 0 Å². The quantitative estimate of drug-likeness (QED) is 0.506. The van der Waals surface area contributed by atoms with Crippen molar-refractivity contribution in [2.45, 2.75) is 6.61 Å². The van der Waals surface area contributed by atoms with Gasteiger partial charge < -0.3 is 19.6 Å². The Morgan fingerprint density at radius 3 is 2.80 bits per heavy atom. The number of nitrogens with zero attached hydrogens (tertiary/aromatic N) is 2. The third kappa shape index (κ3) is 2.74. The minimum atomic E-state index is -0.878. The Balaban J connectivity index is 1.76. The number of ether oxygens (including phenoxy) is 1. The lowest BCUT2D eigenvalue weighted by atomic mass is 9.97. The molecule has 0 saturated heterocycles. The van der Waals surface area contributed by atoms with Crippen LogP contribution in [-0.4, -0.2) is 20.5 Å². The number of halogens is 2. The number of aromatic nitrogens is 3. The van der Waals surface area contributed by atoms with Gasteiger partial charge in [-0.15, -0.1) is 0 Å². The Morgan fingerprint density at radius 2 is 2.00 bits per heavy atom. The van der Waals surface area contributed by atoms with E-state index in [0.717, 1.165) is 6.20 Å². The van der Waals surface area contributed by atoms with Gasteiger partial charge in [-0.2, -0.15) is 0 Å². The number of cyclic esters (lactones) is 1. The van der Waals surface area contributed by atoms with Crippen molar-refractivity contribution in [3.8, 4) is 11.1 Å². The molecule has 0 amide bonds. The summed E-state index contributed by atoms with van der Waals surface area (Å²) in [5.41, 5.74) is 2.90. The van der Waals surface area contributed by atoms with Gasteiger partial charge in [0.15, 0.2) is 11.6 Å². The summed E-state index contributed by atoms with van der Waals surface area (Å²) in [7, 11) is 1.63. The van der Waals surface area contributed by atoms with Crippen LogP contribution in [0.2, 0.25) is 0 Å². The van der Waals surface area contributed by atoms with Crippen molar-refractivity contribution in [3.05, 3.63) is 76.0 Å². The average Bonchev–Trinajstić information content (AvgIpc) is 3.34. The Labute approximate surface area is 167 Å². The average molecular weight is 408 g/mol. The number of nitrogens with one attached hydrogen (secondary N) is 2. The van der Waals surface area contributed by atoms with E-state index in [2.05, 4.69) is 15.3 Å². The second kappa shape index (κ2) is 6.51.